The summed E-state index contributed by atoms with van der Waals surface area (Å²) in [5.41, 5.74) is 5.58. The summed E-state index contributed by atoms with van der Waals surface area (Å²) in [4.78, 5) is 22.5. The molecular weight excluding hydrogens is 228 g/mol. The van der Waals surface area contributed by atoms with Gasteiger partial charge in [0.2, 0.25) is 5.91 Å². The normalized spacial score (nSPS) is 16.2. The molecule has 0 fully saturated rings. The first-order valence-electron chi connectivity index (χ1n) is 5.17. The number of carboxylic acid groups (broad SMARTS) is 1. The minimum Gasteiger partial charge on any atom is -0.480 e. The van der Waals surface area contributed by atoms with Gasteiger partial charge in [0.25, 0.3) is 0 Å². The summed E-state index contributed by atoms with van der Waals surface area (Å²) >= 11 is 1.55. The van der Waals surface area contributed by atoms with Crippen molar-refractivity contribution >= 4 is 23.6 Å². The lowest BCUT2D eigenvalue weighted by atomic mass is 10.0. The number of hydrogen-bond acceptors (Lipinski definition) is 4. The zero-order valence-corrected chi connectivity index (χ0v) is 10.7. The molecule has 0 aliphatic carbocycles. The van der Waals surface area contributed by atoms with Gasteiger partial charge in [0.15, 0.2) is 0 Å². The summed E-state index contributed by atoms with van der Waals surface area (Å²) in [5.74, 6) is -0.983. The molecule has 0 saturated carbocycles. The van der Waals surface area contributed by atoms with E-state index in [4.69, 9.17) is 10.8 Å². The van der Waals surface area contributed by atoms with Crippen LogP contribution in [0, 0.1) is 5.92 Å². The van der Waals surface area contributed by atoms with Crippen LogP contribution in [0.25, 0.3) is 0 Å². The van der Waals surface area contributed by atoms with Crippen molar-refractivity contribution in [3.8, 4) is 0 Å². The Morgan fingerprint density at radius 2 is 2.00 bits per heavy atom. The Kier molecular flexibility index (Phi) is 7.16. The summed E-state index contributed by atoms with van der Waals surface area (Å²) in [6.07, 6.45) is 2.32. The van der Waals surface area contributed by atoms with Crippen LogP contribution in [-0.4, -0.2) is 41.1 Å². The van der Waals surface area contributed by atoms with Gasteiger partial charge in [-0.25, -0.2) is 4.79 Å². The van der Waals surface area contributed by atoms with Crippen molar-refractivity contribution in [2.75, 3.05) is 12.0 Å². The fourth-order valence-corrected chi connectivity index (χ4v) is 1.51. The molecule has 1 amide bonds. The molecule has 0 bridgehead atoms. The minimum absolute atomic E-state index is 0.282. The third kappa shape index (κ3) is 5.37. The Bertz CT molecular complexity index is 246. The molecule has 3 atom stereocenters. The SMILES string of the molecule is CSCC[C@@H](NC(=O)C(C)C(C)N)C(=O)O. The Labute approximate surface area is 100 Å². The van der Waals surface area contributed by atoms with Crippen LogP contribution >= 0.6 is 11.8 Å². The van der Waals surface area contributed by atoms with Crippen molar-refractivity contribution in [2.24, 2.45) is 11.7 Å². The van der Waals surface area contributed by atoms with E-state index < -0.39 is 12.0 Å². The van der Waals surface area contributed by atoms with Gasteiger partial charge in [0.05, 0.1) is 0 Å². The lowest BCUT2D eigenvalue weighted by molar-refractivity contribution is -0.142. The zero-order chi connectivity index (χ0) is 12.7. The van der Waals surface area contributed by atoms with E-state index in [0.717, 1.165) is 0 Å². The Balaban J connectivity index is 4.28. The first-order valence-corrected chi connectivity index (χ1v) is 6.57. The average Bonchev–Trinajstić information content (AvgIpc) is 2.21. The van der Waals surface area contributed by atoms with E-state index in [1.54, 1.807) is 25.6 Å². The van der Waals surface area contributed by atoms with E-state index in [9.17, 15) is 9.59 Å². The van der Waals surface area contributed by atoms with Crippen LogP contribution in [0.5, 0.6) is 0 Å². The predicted octanol–water partition coefficient (Wildman–Crippen LogP) is 0.292. The molecule has 0 radical (unpaired) electrons. The molecule has 5 nitrogen and oxygen atoms in total. The molecule has 0 aromatic carbocycles. The van der Waals surface area contributed by atoms with Crippen LogP contribution in [0.1, 0.15) is 20.3 Å². The smallest absolute Gasteiger partial charge is 0.326 e. The minimum atomic E-state index is -1.00. The van der Waals surface area contributed by atoms with E-state index in [1.807, 2.05) is 6.26 Å². The summed E-state index contributed by atoms with van der Waals surface area (Å²) in [6, 6.07) is -1.10. The number of carbonyl (C=O) groups is 2. The highest BCUT2D eigenvalue weighted by Gasteiger charge is 2.24. The number of nitrogens with one attached hydrogen (secondary N) is 1. The van der Waals surface area contributed by atoms with E-state index in [1.165, 1.54) is 0 Å². The standard InChI is InChI=1S/C10H20N2O3S/c1-6(7(2)11)9(13)12-8(10(14)15)4-5-16-3/h6-8H,4-5,11H2,1-3H3,(H,12,13)(H,14,15)/t6?,7?,8-/m1/s1. The molecule has 0 aromatic heterocycles. The summed E-state index contributed by atoms with van der Waals surface area (Å²) in [7, 11) is 0. The molecule has 0 aromatic rings. The molecule has 0 spiro atoms. The molecule has 6 heteroatoms. The molecule has 94 valence electrons. The largest absolute Gasteiger partial charge is 0.480 e. The van der Waals surface area contributed by atoms with E-state index in [2.05, 4.69) is 5.32 Å². The lowest BCUT2D eigenvalue weighted by Crippen LogP contribution is -2.46. The highest BCUT2D eigenvalue weighted by atomic mass is 32.2. The van der Waals surface area contributed by atoms with Crippen LogP contribution in [0.4, 0.5) is 0 Å². The van der Waals surface area contributed by atoms with Crippen molar-refractivity contribution < 1.29 is 14.7 Å². The number of rotatable bonds is 7. The number of nitrogens with two attached hydrogens (primary N) is 1. The fraction of sp³-hybridized carbons (Fsp3) is 0.800. The molecule has 2 unspecified atom stereocenters. The molecular formula is C10H20N2O3S. The Hall–Kier alpha value is -0.750. The number of carbonyl (C=O) groups excluding carboxylic acids is 1. The van der Waals surface area contributed by atoms with Gasteiger partial charge in [-0.1, -0.05) is 6.92 Å². The Morgan fingerprint density at radius 1 is 1.44 bits per heavy atom. The second-order valence-electron chi connectivity index (χ2n) is 3.83. The summed E-state index contributed by atoms with van der Waals surface area (Å²) in [5, 5.41) is 11.4. The molecule has 0 heterocycles. The molecule has 0 aliphatic heterocycles. The van der Waals surface area contributed by atoms with Crippen molar-refractivity contribution in [2.45, 2.75) is 32.4 Å². The van der Waals surface area contributed by atoms with Gasteiger partial charge in [-0.05, 0) is 25.4 Å². The van der Waals surface area contributed by atoms with Gasteiger partial charge in [-0.2, -0.15) is 11.8 Å². The van der Waals surface area contributed by atoms with Crippen molar-refractivity contribution in [1.29, 1.82) is 0 Å². The average molecular weight is 248 g/mol. The van der Waals surface area contributed by atoms with Crippen LogP contribution in [-0.2, 0) is 9.59 Å². The highest BCUT2D eigenvalue weighted by Crippen LogP contribution is 2.04. The number of amides is 1. The second-order valence-corrected chi connectivity index (χ2v) is 4.81. The van der Waals surface area contributed by atoms with Gasteiger partial charge in [0.1, 0.15) is 6.04 Å². The Morgan fingerprint density at radius 3 is 2.38 bits per heavy atom. The monoisotopic (exact) mass is 248 g/mol. The van der Waals surface area contributed by atoms with Gasteiger partial charge in [0, 0.05) is 12.0 Å². The van der Waals surface area contributed by atoms with Gasteiger partial charge < -0.3 is 16.2 Å². The lowest BCUT2D eigenvalue weighted by Gasteiger charge is -2.19. The number of hydrogen-bond donors (Lipinski definition) is 3. The van der Waals surface area contributed by atoms with E-state index in [-0.39, 0.29) is 17.9 Å². The van der Waals surface area contributed by atoms with Gasteiger partial charge >= 0.3 is 5.97 Å². The summed E-state index contributed by atoms with van der Waals surface area (Å²) < 4.78 is 0. The van der Waals surface area contributed by atoms with Crippen molar-refractivity contribution in [3.63, 3.8) is 0 Å². The van der Waals surface area contributed by atoms with E-state index in [0.29, 0.717) is 12.2 Å². The maximum atomic E-state index is 11.6. The maximum Gasteiger partial charge on any atom is 0.326 e. The van der Waals surface area contributed by atoms with Crippen molar-refractivity contribution in [1.82, 2.24) is 5.32 Å². The number of carboxylic acids is 1. The van der Waals surface area contributed by atoms with Crippen molar-refractivity contribution in [3.05, 3.63) is 0 Å². The first kappa shape index (κ1) is 15.2. The fourth-order valence-electron chi connectivity index (χ4n) is 1.04. The van der Waals surface area contributed by atoms with Crippen LogP contribution in [0.15, 0.2) is 0 Å². The molecule has 4 N–H and O–H groups in total. The summed E-state index contributed by atoms with van der Waals surface area (Å²) in [6.45, 7) is 3.41. The van der Waals surface area contributed by atoms with E-state index >= 15 is 0 Å². The molecule has 0 rings (SSSR count). The topological polar surface area (TPSA) is 92.4 Å². The second kappa shape index (κ2) is 7.51. The van der Waals surface area contributed by atoms with Crippen LogP contribution in [0.3, 0.4) is 0 Å². The molecule has 16 heavy (non-hydrogen) atoms. The third-order valence-corrected chi connectivity index (χ3v) is 3.07. The zero-order valence-electron chi connectivity index (χ0n) is 9.90. The molecule has 0 saturated heterocycles. The number of aliphatic carboxylic acids is 1. The van der Waals surface area contributed by atoms with Gasteiger partial charge in [-0.15, -0.1) is 0 Å². The number of thioether (sulfide) groups is 1. The third-order valence-electron chi connectivity index (χ3n) is 2.43. The van der Waals surface area contributed by atoms with Crippen LogP contribution in [0.2, 0.25) is 0 Å². The van der Waals surface area contributed by atoms with Gasteiger partial charge in [-0.3, -0.25) is 4.79 Å². The van der Waals surface area contributed by atoms with Crippen LogP contribution < -0.4 is 11.1 Å². The quantitative estimate of drug-likeness (QED) is 0.602. The predicted molar refractivity (Wildman–Crippen MR) is 65.4 cm³/mol. The highest BCUT2D eigenvalue weighted by molar-refractivity contribution is 7.98. The molecule has 0 aliphatic rings. The first-order chi connectivity index (χ1) is 7.40. The maximum absolute atomic E-state index is 11.6.